The molecule has 0 aliphatic carbocycles. The SMILES string of the molecule is CO[C@@H](C)[C@H](C)NC(=O)NCC(C)(C)c1ccncc1. The second kappa shape index (κ2) is 7.24. The molecule has 20 heavy (non-hydrogen) atoms. The number of carbonyl (C=O) groups is 1. The Morgan fingerprint density at radius 2 is 1.95 bits per heavy atom. The summed E-state index contributed by atoms with van der Waals surface area (Å²) in [4.78, 5) is 15.9. The zero-order chi connectivity index (χ0) is 15.2. The van der Waals surface area contributed by atoms with Gasteiger partial charge in [-0.3, -0.25) is 4.98 Å². The van der Waals surface area contributed by atoms with Crippen molar-refractivity contribution in [3.63, 3.8) is 0 Å². The molecule has 2 atom stereocenters. The molecule has 5 heteroatoms. The van der Waals surface area contributed by atoms with Gasteiger partial charge in [0.05, 0.1) is 12.1 Å². The monoisotopic (exact) mass is 279 g/mol. The second-order valence-corrected chi connectivity index (χ2v) is 5.68. The normalized spacial score (nSPS) is 14.4. The van der Waals surface area contributed by atoms with Crippen molar-refractivity contribution in [2.75, 3.05) is 13.7 Å². The number of nitrogens with zero attached hydrogens (tertiary/aromatic N) is 1. The number of hydrogen-bond donors (Lipinski definition) is 2. The first-order valence-corrected chi connectivity index (χ1v) is 6.84. The number of pyridine rings is 1. The van der Waals surface area contributed by atoms with Crippen LogP contribution in [0.1, 0.15) is 33.3 Å². The van der Waals surface area contributed by atoms with Crippen LogP contribution in [0.3, 0.4) is 0 Å². The third-order valence-electron chi connectivity index (χ3n) is 3.59. The van der Waals surface area contributed by atoms with E-state index in [0.29, 0.717) is 6.54 Å². The molecule has 1 heterocycles. The highest BCUT2D eigenvalue weighted by Gasteiger charge is 2.22. The van der Waals surface area contributed by atoms with E-state index >= 15 is 0 Å². The van der Waals surface area contributed by atoms with Crippen LogP contribution >= 0.6 is 0 Å². The van der Waals surface area contributed by atoms with Crippen molar-refractivity contribution in [1.29, 1.82) is 0 Å². The van der Waals surface area contributed by atoms with Crippen LogP contribution < -0.4 is 10.6 Å². The predicted octanol–water partition coefficient (Wildman–Crippen LogP) is 2.08. The quantitative estimate of drug-likeness (QED) is 0.838. The highest BCUT2D eigenvalue weighted by molar-refractivity contribution is 5.74. The minimum absolute atomic E-state index is 0.0195. The molecule has 0 fully saturated rings. The average molecular weight is 279 g/mol. The summed E-state index contributed by atoms with van der Waals surface area (Å²) < 4.78 is 5.18. The van der Waals surface area contributed by atoms with Crippen molar-refractivity contribution in [2.45, 2.75) is 45.3 Å². The smallest absolute Gasteiger partial charge is 0.315 e. The summed E-state index contributed by atoms with van der Waals surface area (Å²) in [5.74, 6) is 0. The number of ether oxygens (including phenoxy) is 1. The van der Waals surface area contributed by atoms with Gasteiger partial charge < -0.3 is 15.4 Å². The average Bonchev–Trinajstić information content (AvgIpc) is 2.45. The lowest BCUT2D eigenvalue weighted by Crippen LogP contribution is -2.48. The number of nitrogens with one attached hydrogen (secondary N) is 2. The van der Waals surface area contributed by atoms with E-state index in [1.54, 1.807) is 19.5 Å². The lowest BCUT2D eigenvalue weighted by atomic mass is 9.85. The van der Waals surface area contributed by atoms with E-state index in [1.807, 2.05) is 26.0 Å². The Labute approximate surface area is 121 Å². The Morgan fingerprint density at radius 1 is 1.35 bits per heavy atom. The fourth-order valence-electron chi connectivity index (χ4n) is 1.79. The molecule has 0 saturated heterocycles. The molecule has 0 aliphatic rings. The fourth-order valence-corrected chi connectivity index (χ4v) is 1.79. The molecular weight excluding hydrogens is 254 g/mol. The van der Waals surface area contributed by atoms with Crippen molar-refractivity contribution in [3.8, 4) is 0 Å². The summed E-state index contributed by atoms with van der Waals surface area (Å²) in [6.45, 7) is 8.57. The van der Waals surface area contributed by atoms with Crippen LogP contribution in [0.2, 0.25) is 0 Å². The Balaban J connectivity index is 2.48. The van der Waals surface area contributed by atoms with Crippen LogP contribution in [0.4, 0.5) is 4.79 Å². The molecule has 2 N–H and O–H groups in total. The maximum absolute atomic E-state index is 11.9. The van der Waals surface area contributed by atoms with Gasteiger partial charge in [-0.1, -0.05) is 13.8 Å². The van der Waals surface area contributed by atoms with Crippen LogP contribution in [0, 0.1) is 0 Å². The Morgan fingerprint density at radius 3 is 2.50 bits per heavy atom. The molecule has 2 amide bonds. The van der Waals surface area contributed by atoms with E-state index in [1.165, 1.54) is 0 Å². The summed E-state index contributed by atoms with van der Waals surface area (Å²) in [6.07, 6.45) is 3.51. The van der Waals surface area contributed by atoms with Crippen LogP contribution in [-0.4, -0.2) is 36.8 Å². The van der Waals surface area contributed by atoms with Crippen molar-refractivity contribution < 1.29 is 9.53 Å². The summed E-state index contributed by atoms with van der Waals surface area (Å²) in [5, 5.41) is 5.77. The fraction of sp³-hybridized carbons (Fsp3) is 0.600. The summed E-state index contributed by atoms with van der Waals surface area (Å²) in [5.41, 5.74) is 1.00. The first kappa shape index (κ1) is 16.4. The van der Waals surface area contributed by atoms with Gasteiger partial charge in [0, 0.05) is 31.5 Å². The van der Waals surface area contributed by atoms with Crippen molar-refractivity contribution in [1.82, 2.24) is 15.6 Å². The van der Waals surface area contributed by atoms with Crippen LogP contribution in [0.5, 0.6) is 0 Å². The Bertz CT molecular complexity index is 420. The molecule has 5 nitrogen and oxygen atoms in total. The molecule has 0 saturated carbocycles. The molecule has 112 valence electrons. The van der Waals surface area contributed by atoms with E-state index in [-0.39, 0.29) is 23.6 Å². The number of aromatic nitrogens is 1. The molecule has 0 bridgehead atoms. The highest BCUT2D eigenvalue weighted by Crippen LogP contribution is 2.20. The lowest BCUT2D eigenvalue weighted by Gasteiger charge is -2.26. The summed E-state index contributed by atoms with van der Waals surface area (Å²) in [6, 6.07) is 3.72. The van der Waals surface area contributed by atoms with Crippen molar-refractivity contribution >= 4 is 6.03 Å². The minimum atomic E-state index is -0.177. The van der Waals surface area contributed by atoms with E-state index in [0.717, 1.165) is 5.56 Å². The summed E-state index contributed by atoms with van der Waals surface area (Å²) >= 11 is 0. The topological polar surface area (TPSA) is 63.2 Å². The number of carbonyl (C=O) groups excluding carboxylic acids is 1. The van der Waals surface area contributed by atoms with Crippen LogP contribution in [0.25, 0.3) is 0 Å². The van der Waals surface area contributed by atoms with E-state index in [9.17, 15) is 4.79 Å². The van der Waals surface area contributed by atoms with E-state index in [2.05, 4.69) is 29.5 Å². The van der Waals surface area contributed by atoms with Gasteiger partial charge in [0.1, 0.15) is 0 Å². The molecule has 1 rings (SSSR count). The highest BCUT2D eigenvalue weighted by atomic mass is 16.5. The lowest BCUT2D eigenvalue weighted by molar-refractivity contribution is 0.0911. The third kappa shape index (κ3) is 4.81. The standard InChI is InChI=1S/C15H25N3O2/c1-11(12(2)20-5)18-14(19)17-10-15(3,4)13-6-8-16-9-7-13/h6-9,11-12H,10H2,1-5H3,(H2,17,18,19)/t11-,12-/m0/s1. The maximum atomic E-state index is 11.9. The first-order chi connectivity index (χ1) is 9.36. The maximum Gasteiger partial charge on any atom is 0.315 e. The number of urea groups is 1. The first-order valence-electron chi connectivity index (χ1n) is 6.84. The molecule has 0 aromatic carbocycles. The molecule has 1 aromatic rings. The predicted molar refractivity (Wildman–Crippen MR) is 79.7 cm³/mol. The van der Waals surface area contributed by atoms with Gasteiger partial charge >= 0.3 is 6.03 Å². The minimum Gasteiger partial charge on any atom is -0.380 e. The van der Waals surface area contributed by atoms with Crippen molar-refractivity contribution in [2.24, 2.45) is 0 Å². The van der Waals surface area contributed by atoms with E-state index < -0.39 is 0 Å². The molecule has 0 spiro atoms. The third-order valence-corrected chi connectivity index (χ3v) is 3.59. The number of hydrogen-bond acceptors (Lipinski definition) is 3. The Kier molecular flexibility index (Phi) is 5.95. The van der Waals surface area contributed by atoms with Crippen LogP contribution in [0.15, 0.2) is 24.5 Å². The zero-order valence-corrected chi connectivity index (χ0v) is 12.9. The zero-order valence-electron chi connectivity index (χ0n) is 12.9. The number of rotatable bonds is 6. The van der Waals surface area contributed by atoms with Gasteiger partial charge in [0.15, 0.2) is 0 Å². The molecule has 0 radical (unpaired) electrons. The molecule has 0 aliphatic heterocycles. The van der Waals surface area contributed by atoms with Gasteiger partial charge in [-0.25, -0.2) is 4.79 Å². The molecule has 0 unspecified atom stereocenters. The second-order valence-electron chi connectivity index (χ2n) is 5.68. The van der Waals surface area contributed by atoms with Crippen LogP contribution in [-0.2, 0) is 10.2 Å². The number of methoxy groups -OCH3 is 1. The van der Waals surface area contributed by atoms with Gasteiger partial charge in [-0.15, -0.1) is 0 Å². The van der Waals surface area contributed by atoms with Gasteiger partial charge in [-0.2, -0.15) is 0 Å². The van der Waals surface area contributed by atoms with Gasteiger partial charge in [0.2, 0.25) is 0 Å². The van der Waals surface area contributed by atoms with Gasteiger partial charge in [0.25, 0.3) is 0 Å². The molecular formula is C15H25N3O2. The van der Waals surface area contributed by atoms with Crippen molar-refractivity contribution in [3.05, 3.63) is 30.1 Å². The Hall–Kier alpha value is -1.62. The molecule has 1 aromatic heterocycles. The summed E-state index contributed by atoms with van der Waals surface area (Å²) in [7, 11) is 1.63. The van der Waals surface area contributed by atoms with Gasteiger partial charge in [-0.05, 0) is 31.5 Å². The van der Waals surface area contributed by atoms with E-state index in [4.69, 9.17) is 4.74 Å². The number of amides is 2. The largest absolute Gasteiger partial charge is 0.380 e.